The van der Waals surface area contributed by atoms with E-state index in [4.69, 9.17) is 9.84 Å². The van der Waals surface area contributed by atoms with Crippen molar-refractivity contribution in [2.45, 2.75) is 6.42 Å². The van der Waals surface area contributed by atoms with Crippen molar-refractivity contribution in [1.29, 1.82) is 0 Å². The molecule has 0 unspecified atom stereocenters. The zero-order valence-electron chi connectivity index (χ0n) is 8.47. The number of nitro groups is 1. The zero-order chi connectivity index (χ0) is 10.6. The van der Waals surface area contributed by atoms with E-state index in [1.807, 2.05) is 0 Å². The molecule has 84 valence electrons. The summed E-state index contributed by atoms with van der Waals surface area (Å²) in [5.74, 6) is 0.560. The molecule has 0 spiro atoms. The number of nitrogens with zero attached hydrogens (tertiary/aromatic N) is 1. The highest BCUT2D eigenvalue weighted by Crippen LogP contribution is 2.23. The van der Waals surface area contributed by atoms with E-state index in [9.17, 15) is 10.1 Å². The molecule has 0 aliphatic rings. The first kappa shape index (κ1) is 13.3. The average Bonchev–Trinajstić information content (AvgIpc) is 2.18. The van der Waals surface area contributed by atoms with Gasteiger partial charge in [-0.25, -0.2) is 0 Å². The first-order valence-electron chi connectivity index (χ1n) is 4.11. The van der Waals surface area contributed by atoms with E-state index in [0.717, 1.165) is 0 Å². The van der Waals surface area contributed by atoms with Gasteiger partial charge in [0, 0.05) is 24.3 Å². The fourth-order valence-electron chi connectivity index (χ4n) is 1.19. The van der Waals surface area contributed by atoms with Crippen LogP contribution in [-0.2, 0) is 6.42 Å². The van der Waals surface area contributed by atoms with E-state index in [-0.39, 0.29) is 18.4 Å². The van der Waals surface area contributed by atoms with Gasteiger partial charge in [-0.3, -0.25) is 10.1 Å². The van der Waals surface area contributed by atoms with Crippen molar-refractivity contribution < 1.29 is 14.8 Å². The summed E-state index contributed by atoms with van der Waals surface area (Å²) < 4.78 is 5.00. The van der Waals surface area contributed by atoms with Crippen molar-refractivity contribution in [3.8, 4) is 5.75 Å². The number of methoxy groups -OCH3 is 1. The van der Waals surface area contributed by atoms with Crippen LogP contribution >= 0.6 is 0 Å². The number of hydrogen-bond acceptors (Lipinski definition) is 5. The van der Waals surface area contributed by atoms with Gasteiger partial charge in [0.2, 0.25) is 0 Å². The summed E-state index contributed by atoms with van der Waals surface area (Å²) in [7, 11) is 1.49. The Bertz CT molecular complexity index is 341. The van der Waals surface area contributed by atoms with Crippen LogP contribution < -0.4 is 10.9 Å². The summed E-state index contributed by atoms with van der Waals surface area (Å²) in [6, 6.07) is 4.32. The molecule has 6 heteroatoms. The van der Waals surface area contributed by atoms with Crippen molar-refractivity contribution in [2.75, 3.05) is 13.7 Å². The van der Waals surface area contributed by atoms with Gasteiger partial charge in [0.15, 0.2) is 0 Å². The molecular weight excluding hydrogens is 200 g/mol. The number of ether oxygens (including phenoxy) is 1. The molecule has 1 rings (SSSR count). The van der Waals surface area contributed by atoms with Crippen LogP contribution in [0.3, 0.4) is 0 Å². The Balaban J connectivity index is 0.00000196. The minimum Gasteiger partial charge on any atom is -0.496 e. The lowest BCUT2D eigenvalue weighted by Crippen LogP contribution is -1.97. The first-order valence-corrected chi connectivity index (χ1v) is 4.11. The predicted octanol–water partition coefficient (Wildman–Crippen LogP) is 1.30. The molecule has 1 aromatic rings. The molecule has 15 heavy (non-hydrogen) atoms. The minimum absolute atomic E-state index is 0. The van der Waals surface area contributed by atoms with E-state index >= 15 is 0 Å². The molecule has 0 atom stereocenters. The van der Waals surface area contributed by atoms with Gasteiger partial charge >= 0.3 is 0 Å². The summed E-state index contributed by atoms with van der Waals surface area (Å²) in [5, 5.41) is 19.2. The number of rotatable bonds is 4. The van der Waals surface area contributed by atoms with Gasteiger partial charge in [0.1, 0.15) is 5.75 Å². The van der Waals surface area contributed by atoms with Crippen LogP contribution in [0.15, 0.2) is 18.2 Å². The molecule has 0 aliphatic carbocycles. The van der Waals surface area contributed by atoms with Gasteiger partial charge in [0.25, 0.3) is 5.69 Å². The van der Waals surface area contributed by atoms with Gasteiger partial charge in [-0.05, 0) is 12.5 Å². The van der Waals surface area contributed by atoms with Gasteiger partial charge in [0.05, 0.1) is 12.0 Å². The Labute approximate surface area is 87.2 Å². The summed E-state index contributed by atoms with van der Waals surface area (Å²) in [5.41, 5.74) is 0.651. The average molecular weight is 214 g/mol. The zero-order valence-corrected chi connectivity index (χ0v) is 8.47. The van der Waals surface area contributed by atoms with Crippen LogP contribution in [0, 0.1) is 10.1 Å². The van der Waals surface area contributed by atoms with Crippen LogP contribution in [0.4, 0.5) is 5.69 Å². The third-order valence-corrected chi connectivity index (χ3v) is 1.86. The predicted molar refractivity (Wildman–Crippen MR) is 55.5 cm³/mol. The highest BCUT2D eigenvalue weighted by molar-refractivity contribution is 5.43. The second-order valence-corrected chi connectivity index (χ2v) is 2.73. The molecule has 6 nitrogen and oxygen atoms in total. The standard InChI is InChI=1S/C9H11NO4.H3N/c1-14-9-3-2-8(10(12)13)6-7(9)4-5-11;/h2-3,6,11H,4-5H2,1H3;1H3. The lowest BCUT2D eigenvalue weighted by Gasteiger charge is -2.06. The quantitative estimate of drug-likeness (QED) is 0.580. The van der Waals surface area contributed by atoms with Crippen LogP contribution in [-0.4, -0.2) is 23.7 Å². The highest BCUT2D eigenvalue weighted by Gasteiger charge is 2.10. The van der Waals surface area contributed by atoms with Crippen molar-refractivity contribution in [1.82, 2.24) is 6.15 Å². The Morgan fingerprint density at radius 1 is 1.53 bits per heavy atom. The Morgan fingerprint density at radius 2 is 2.20 bits per heavy atom. The Kier molecular flexibility index (Phi) is 5.29. The second kappa shape index (κ2) is 5.94. The van der Waals surface area contributed by atoms with Crippen molar-refractivity contribution in [3.05, 3.63) is 33.9 Å². The molecule has 0 aliphatic heterocycles. The normalized spacial score (nSPS) is 9.20. The first-order chi connectivity index (χ1) is 6.69. The molecule has 0 heterocycles. The number of aliphatic hydroxyl groups excluding tert-OH is 1. The SMILES string of the molecule is COc1ccc([N+](=O)[O-])cc1CCO.N. The van der Waals surface area contributed by atoms with Crippen LogP contribution in [0.2, 0.25) is 0 Å². The maximum absolute atomic E-state index is 10.5. The monoisotopic (exact) mass is 214 g/mol. The number of hydrogen-bond donors (Lipinski definition) is 2. The van der Waals surface area contributed by atoms with E-state index in [1.54, 1.807) is 0 Å². The molecule has 0 radical (unpaired) electrons. The van der Waals surface area contributed by atoms with Gasteiger partial charge < -0.3 is 16.0 Å². The second-order valence-electron chi connectivity index (χ2n) is 2.73. The number of benzene rings is 1. The van der Waals surface area contributed by atoms with Gasteiger partial charge in [-0.15, -0.1) is 0 Å². The minimum atomic E-state index is -0.472. The lowest BCUT2D eigenvalue weighted by molar-refractivity contribution is -0.384. The van der Waals surface area contributed by atoms with E-state index in [0.29, 0.717) is 17.7 Å². The topological polar surface area (TPSA) is 108 Å². The summed E-state index contributed by atoms with van der Waals surface area (Å²) >= 11 is 0. The van der Waals surface area contributed by atoms with Gasteiger partial charge in [-0.1, -0.05) is 0 Å². The molecule has 0 saturated heterocycles. The van der Waals surface area contributed by atoms with E-state index in [1.165, 1.54) is 25.3 Å². The highest BCUT2D eigenvalue weighted by atomic mass is 16.6. The van der Waals surface area contributed by atoms with E-state index in [2.05, 4.69) is 0 Å². The lowest BCUT2D eigenvalue weighted by atomic mass is 10.1. The summed E-state index contributed by atoms with van der Waals surface area (Å²) in [6.45, 7) is -0.0580. The summed E-state index contributed by atoms with van der Waals surface area (Å²) in [4.78, 5) is 9.99. The molecule has 4 N–H and O–H groups in total. The summed E-state index contributed by atoms with van der Waals surface area (Å²) in [6.07, 6.45) is 0.352. The molecule has 0 bridgehead atoms. The van der Waals surface area contributed by atoms with Crippen LogP contribution in [0.1, 0.15) is 5.56 Å². The fourth-order valence-corrected chi connectivity index (χ4v) is 1.19. The number of non-ortho nitro benzene ring substituents is 1. The molecule has 0 saturated carbocycles. The number of aliphatic hydroxyl groups is 1. The fraction of sp³-hybridized carbons (Fsp3) is 0.333. The Hall–Kier alpha value is -1.66. The molecule has 1 aromatic carbocycles. The third-order valence-electron chi connectivity index (χ3n) is 1.86. The smallest absolute Gasteiger partial charge is 0.269 e. The largest absolute Gasteiger partial charge is 0.496 e. The van der Waals surface area contributed by atoms with Gasteiger partial charge in [-0.2, -0.15) is 0 Å². The molecule has 0 fully saturated rings. The van der Waals surface area contributed by atoms with Crippen molar-refractivity contribution in [3.63, 3.8) is 0 Å². The maximum Gasteiger partial charge on any atom is 0.269 e. The Morgan fingerprint density at radius 3 is 2.67 bits per heavy atom. The third kappa shape index (κ3) is 3.19. The van der Waals surface area contributed by atoms with E-state index < -0.39 is 4.92 Å². The maximum atomic E-state index is 10.5. The van der Waals surface area contributed by atoms with Crippen molar-refractivity contribution in [2.24, 2.45) is 0 Å². The molecular formula is C9H14N2O4. The molecule has 0 amide bonds. The van der Waals surface area contributed by atoms with Crippen LogP contribution in [0.25, 0.3) is 0 Å². The van der Waals surface area contributed by atoms with Crippen LogP contribution in [0.5, 0.6) is 5.75 Å². The number of nitro benzene ring substituents is 1. The van der Waals surface area contributed by atoms with Crippen molar-refractivity contribution >= 4 is 5.69 Å². The molecule has 0 aromatic heterocycles.